The Hall–Kier alpha value is -1.59. The van der Waals surface area contributed by atoms with Crippen molar-refractivity contribution in [2.45, 2.75) is 135 Å². The van der Waals surface area contributed by atoms with Crippen LogP contribution in [-0.4, -0.2) is 74.7 Å². The van der Waals surface area contributed by atoms with Crippen molar-refractivity contribution < 1.29 is 53.3 Å². The maximum absolute atomic E-state index is 12.2. The first-order valence-corrected chi connectivity index (χ1v) is 17.4. The van der Waals surface area contributed by atoms with Gasteiger partial charge in [-0.3, -0.25) is 14.1 Å². The van der Waals surface area contributed by atoms with Gasteiger partial charge in [-0.1, -0.05) is 83.1 Å². The summed E-state index contributed by atoms with van der Waals surface area (Å²) in [6.07, 6.45) is 15.0. The second kappa shape index (κ2) is 22.8. The summed E-state index contributed by atoms with van der Waals surface area (Å²) in [5, 5.41) is 31.0. The first-order valence-electron chi connectivity index (χ1n) is 15.9. The number of ether oxygens (including phenoxy) is 2. The van der Waals surface area contributed by atoms with Crippen LogP contribution in [0.2, 0.25) is 0 Å². The van der Waals surface area contributed by atoms with Gasteiger partial charge in [0.2, 0.25) is 0 Å². The van der Waals surface area contributed by atoms with Crippen molar-refractivity contribution in [3.63, 3.8) is 0 Å². The molecule has 0 aromatic heterocycles. The molecule has 250 valence electrons. The summed E-state index contributed by atoms with van der Waals surface area (Å²) in [5.41, 5.74) is 0. The van der Waals surface area contributed by atoms with Crippen molar-refractivity contribution in [2.75, 3.05) is 13.2 Å². The van der Waals surface area contributed by atoms with E-state index in [-0.39, 0.29) is 31.3 Å². The quantitative estimate of drug-likeness (QED) is 0.0423. The van der Waals surface area contributed by atoms with E-state index in [2.05, 4.69) is 18.4 Å². The zero-order chi connectivity index (χ0) is 32.1. The van der Waals surface area contributed by atoms with Gasteiger partial charge in [0.05, 0.1) is 24.9 Å². The van der Waals surface area contributed by atoms with Crippen molar-refractivity contribution >= 4 is 19.8 Å². The Bertz CT molecular complexity index is 872. The lowest BCUT2D eigenvalue weighted by molar-refractivity contribution is -0.161. The summed E-state index contributed by atoms with van der Waals surface area (Å²) < 4.78 is 25.9. The van der Waals surface area contributed by atoms with Gasteiger partial charge in [-0.2, -0.15) is 0 Å². The molecule has 6 atom stereocenters. The summed E-state index contributed by atoms with van der Waals surface area (Å²) in [6.45, 7) is 3.22. The second-order valence-electron chi connectivity index (χ2n) is 11.4. The Morgan fingerprint density at radius 3 is 2.26 bits per heavy atom. The number of rotatable bonds is 24. The van der Waals surface area contributed by atoms with Crippen molar-refractivity contribution in [3.05, 3.63) is 24.3 Å². The normalized spacial score (nSPS) is 22.3. The molecule has 11 nitrogen and oxygen atoms in total. The number of carbonyl (C=O) groups is 2. The molecule has 5 N–H and O–H groups in total. The van der Waals surface area contributed by atoms with Gasteiger partial charge in [0.25, 0.3) is 0 Å². The van der Waals surface area contributed by atoms with Gasteiger partial charge in [0.15, 0.2) is 6.10 Å². The van der Waals surface area contributed by atoms with Crippen LogP contribution in [0.1, 0.15) is 110 Å². The molecule has 0 spiro atoms. The van der Waals surface area contributed by atoms with Crippen LogP contribution in [0, 0.1) is 11.8 Å². The molecule has 0 unspecified atom stereocenters. The Balaban J connectivity index is 2.43. The lowest BCUT2D eigenvalue weighted by atomic mass is 9.89. The molecule has 1 rings (SSSR count). The topological polar surface area (TPSA) is 180 Å². The number of phosphoric ester groups is 1. The van der Waals surface area contributed by atoms with Gasteiger partial charge in [-0.15, -0.1) is 0 Å². The number of unbranched alkanes of at least 4 members (excludes halogenated alkanes) is 7. The third-order valence-electron chi connectivity index (χ3n) is 7.54. The molecule has 1 aliphatic carbocycles. The highest BCUT2D eigenvalue weighted by molar-refractivity contribution is 7.46. The molecular formula is C31H55O11P. The van der Waals surface area contributed by atoms with Crippen molar-refractivity contribution in [3.8, 4) is 0 Å². The van der Waals surface area contributed by atoms with Crippen LogP contribution in [0.3, 0.4) is 0 Å². The van der Waals surface area contributed by atoms with Crippen LogP contribution in [0.25, 0.3) is 0 Å². The van der Waals surface area contributed by atoms with Gasteiger partial charge in [0, 0.05) is 25.2 Å². The minimum Gasteiger partial charge on any atom is -0.462 e. The van der Waals surface area contributed by atoms with Crippen LogP contribution in [0.15, 0.2) is 24.3 Å². The van der Waals surface area contributed by atoms with E-state index in [4.69, 9.17) is 19.3 Å². The Kier molecular flexibility index (Phi) is 21.0. The molecule has 0 bridgehead atoms. The third-order valence-corrected chi connectivity index (χ3v) is 8.03. The molecule has 1 fully saturated rings. The van der Waals surface area contributed by atoms with Crippen LogP contribution in [-0.2, 0) is 28.2 Å². The first kappa shape index (κ1) is 39.4. The van der Waals surface area contributed by atoms with Crippen molar-refractivity contribution in [2.24, 2.45) is 11.8 Å². The maximum atomic E-state index is 12.2. The van der Waals surface area contributed by atoms with E-state index in [0.717, 1.165) is 44.9 Å². The van der Waals surface area contributed by atoms with E-state index in [1.54, 1.807) is 6.08 Å². The van der Waals surface area contributed by atoms with Crippen LogP contribution in [0.5, 0.6) is 0 Å². The Labute approximate surface area is 256 Å². The molecule has 0 saturated heterocycles. The first-order chi connectivity index (χ1) is 20.5. The summed E-state index contributed by atoms with van der Waals surface area (Å²) in [5.74, 6) is -1.49. The smallest absolute Gasteiger partial charge is 0.462 e. The Morgan fingerprint density at radius 1 is 0.884 bits per heavy atom. The van der Waals surface area contributed by atoms with Gasteiger partial charge < -0.3 is 34.6 Å². The van der Waals surface area contributed by atoms with Gasteiger partial charge >= 0.3 is 19.8 Å². The monoisotopic (exact) mass is 634 g/mol. The average molecular weight is 635 g/mol. The van der Waals surface area contributed by atoms with Gasteiger partial charge in [-0.25, -0.2) is 4.57 Å². The maximum Gasteiger partial charge on any atom is 0.469 e. The summed E-state index contributed by atoms with van der Waals surface area (Å²) >= 11 is 0. The number of aliphatic hydroxyl groups excluding tert-OH is 3. The minimum absolute atomic E-state index is 0.0911. The number of aliphatic hydroxyl groups is 3. The SMILES string of the molecule is CCCCCCCC(=O)O[C@H](COC(=O)CCC/C=C/C[C@@H]1[C@@H](/C=C/[C@@H](O)CCCCC)[C@H](O)C[C@@H]1O)COP(=O)(O)O. The molecule has 12 heteroatoms. The average Bonchev–Trinajstić information content (AvgIpc) is 3.21. The fourth-order valence-electron chi connectivity index (χ4n) is 5.07. The zero-order valence-electron chi connectivity index (χ0n) is 25.9. The number of allylic oxidation sites excluding steroid dienone is 2. The van der Waals surface area contributed by atoms with Crippen LogP contribution in [0.4, 0.5) is 0 Å². The van der Waals surface area contributed by atoms with E-state index in [9.17, 15) is 29.5 Å². The number of carbonyl (C=O) groups excluding carboxylic acids is 2. The highest BCUT2D eigenvalue weighted by atomic mass is 31.2. The standard InChI is InChI=1S/C31H55O11P/c1-3-5-7-8-14-18-31(36)42-25(23-41-43(37,38)39)22-40-30(35)17-13-10-9-12-16-26-27(29(34)21-28(26)33)20-19-24(32)15-11-6-4-2/h9,12,19-20,24-29,32-34H,3-8,10-11,13-18,21-23H2,1-2H3,(H2,37,38,39)/b12-9+,20-19+/t24-,25+,26+,27+,28-,29+/m0/s1. The lowest BCUT2D eigenvalue weighted by Crippen LogP contribution is -2.29. The predicted molar refractivity (Wildman–Crippen MR) is 163 cm³/mol. The molecule has 1 saturated carbocycles. The van der Waals surface area contributed by atoms with E-state index in [1.807, 2.05) is 18.2 Å². The number of esters is 2. The van der Waals surface area contributed by atoms with Gasteiger partial charge in [0.1, 0.15) is 6.61 Å². The van der Waals surface area contributed by atoms with Gasteiger partial charge in [-0.05, 0) is 38.0 Å². The highest BCUT2D eigenvalue weighted by Crippen LogP contribution is 2.37. The Morgan fingerprint density at radius 2 is 1.56 bits per heavy atom. The zero-order valence-corrected chi connectivity index (χ0v) is 26.8. The molecule has 0 aromatic rings. The summed E-state index contributed by atoms with van der Waals surface area (Å²) in [4.78, 5) is 42.3. The van der Waals surface area contributed by atoms with E-state index < -0.39 is 50.8 Å². The predicted octanol–water partition coefficient (Wildman–Crippen LogP) is 4.88. The third kappa shape index (κ3) is 19.4. The fourth-order valence-corrected chi connectivity index (χ4v) is 5.43. The molecular weight excluding hydrogens is 579 g/mol. The molecule has 43 heavy (non-hydrogen) atoms. The number of hydrogen-bond acceptors (Lipinski definition) is 9. The largest absolute Gasteiger partial charge is 0.469 e. The number of phosphoric acid groups is 1. The molecule has 0 heterocycles. The van der Waals surface area contributed by atoms with E-state index in [1.165, 1.54) is 0 Å². The molecule has 0 radical (unpaired) electrons. The summed E-state index contributed by atoms with van der Waals surface area (Å²) in [7, 11) is -4.79. The fraction of sp³-hybridized carbons (Fsp3) is 0.806. The highest BCUT2D eigenvalue weighted by Gasteiger charge is 2.39. The van der Waals surface area contributed by atoms with Crippen molar-refractivity contribution in [1.82, 2.24) is 0 Å². The second-order valence-corrected chi connectivity index (χ2v) is 12.6. The lowest BCUT2D eigenvalue weighted by Gasteiger charge is -2.19. The van der Waals surface area contributed by atoms with Crippen LogP contribution < -0.4 is 0 Å². The van der Waals surface area contributed by atoms with Crippen LogP contribution >= 0.6 is 7.82 Å². The molecule has 0 aliphatic heterocycles. The molecule has 0 amide bonds. The van der Waals surface area contributed by atoms with Crippen molar-refractivity contribution in [1.29, 1.82) is 0 Å². The molecule has 1 aliphatic rings. The van der Waals surface area contributed by atoms with E-state index in [0.29, 0.717) is 38.5 Å². The minimum atomic E-state index is -4.79. The molecule has 0 aromatic carbocycles. The summed E-state index contributed by atoms with van der Waals surface area (Å²) in [6, 6.07) is 0. The number of hydrogen-bond donors (Lipinski definition) is 5. The van der Waals surface area contributed by atoms with E-state index >= 15 is 0 Å².